The van der Waals surface area contributed by atoms with Crippen LogP contribution in [0.4, 0.5) is 5.82 Å². The van der Waals surface area contributed by atoms with Gasteiger partial charge in [0.15, 0.2) is 0 Å². The maximum atomic E-state index is 11.8. The van der Waals surface area contributed by atoms with Crippen LogP contribution in [-0.4, -0.2) is 20.9 Å². The molecule has 17 heavy (non-hydrogen) atoms. The van der Waals surface area contributed by atoms with Crippen LogP contribution in [0.15, 0.2) is 30.7 Å². The van der Waals surface area contributed by atoms with E-state index in [9.17, 15) is 4.79 Å². The zero-order chi connectivity index (χ0) is 12.3. The second-order valence-corrected chi connectivity index (χ2v) is 3.77. The van der Waals surface area contributed by atoms with E-state index in [-0.39, 0.29) is 10.8 Å². The third-order valence-corrected chi connectivity index (χ3v) is 2.39. The summed E-state index contributed by atoms with van der Waals surface area (Å²) < 4.78 is 0. The number of rotatable bonds is 2. The van der Waals surface area contributed by atoms with Gasteiger partial charge in [0.05, 0.1) is 10.6 Å². The van der Waals surface area contributed by atoms with Gasteiger partial charge in [-0.15, -0.1) is 0 Å². The number of carbonyl (C=O) groups is 1. The molecule has 1 amide bonds. The van der Waals surface area contributed by atoms with Crippen molar-refractivity contribution >= 4 is 34.9 Å². The Morgan fingerprint density at radius 2 is 2.06 bits per heavy atom. The first kappa shape index (κ1) is 11.8. The van der Waals surface area contributed by atoms with Gasteiger partial charge in [-0.1, -0.05) is 11.6 Å². The number of halogens is 2. The topological polar surface area (TPSA) is 67.8 Å². The molecule has 2 heterocycles. The van der Waals surface area contributed by atoms with Gasteiger partial charge in [-0.2, -0.15) is 0 Å². The molecule has 0 saturated carbocycles. The number of nitrogens with zero attached hydrogens (tertiary/aromatic N) is 3. The molecule has 2 aromatic heterocycles. The van der Waals surface area contributed by atoms with Crippen LogP contribution in [0.1, 0.15) is 10.4 Å². The van der Waals surface area contributed by atoms with Crippen LogP contribution in [-0.2, 0) is 0 Å². The molecule has 0 saturated heterocycles. The Bertz CT molecular complexity index is 562. The van der Waals surface area contributed by atoms with Crippen LogP contribution >= 0.6 is 23.2 Å². The van der Waals surface area contributed by atoms with Gasteiger partial charge >= 0.3 is 0 Å². The molecule has 0 aromatic carbocycles. The van der Waals surface area contributed by atoms with E-state index in [4.69, 9.17) is 23.2 Å². The summed E-state index contributed by atoms with van der Waals surface area (Å²) >= 11 is 11.5. The highest BCUT2D eigenvalue weighted by Crippen LogP contribution is 2.15. The molecule has 0 fully saturated rings. The molecule has 1 N–H and O–H groups in total. The number of amides is 1. The predicted octanol–water partition coefficient (Wildman–Crippen LogP) is 2.43. The minimum absolute atomic E-state index is 0.0556. The van der Waals surface area contributed by atoms with Gasteiger partial charge in [0.2, 0.25) is 5.28 Å². The van der Waals surface area contributed by atoms with Gasteiger partial charge < -0.3 is 5.32 Å². The van der Waals surface area contributed by atoms with E-state index in [1.807, 2.05) is 0 Å². The Hall–Kier alpha value is -1.72. The highest BCUT2D eigenvalue weighted by atomic mass is 35.5. The van der Waals surface area contributed by atoms with Crippen LogP contribution in [0.5, 0.6) is 0 Å². The molecule has 2 rings (SSSR count). The van der Waals surface area contributed by atoms with Crippen LogP contribution in [0.3, 0.4) is 0 Å². The van der Waals surface area contributed by atoms with Gasteiger partial charge in [0.25, 0.3) is 5.91 Å². The standard InChI is InChI=1S/C10H6Cl2N4O/c11-7-1-3-13-5-6(7)9(17)15-8-2-4-14-10(12)16-8/h1-5H,(H,14,15,16,17). The van der Waals surface area contributed by atoms with Gasteiger partial charge in [0.1, 0.15) is 5.82 Å². The fourth-order valence-electron chi connectivity index (χ4n) is 1.13. The number of hydrogen-bond donors (Lipinski definition) is 1. The summed E-state index contributed by atoms with van der Waals surface area (Å²) in [5.74, 6) is -0.104. The second-order valence-electron chi connectivity index (χ2n) is 3.02. The smallest absolute Gasteiger partial charge is 0.259 e. The van der Waals surface area contributed by atoms with Crippen molar-refractivity contribution in [3.05, 3.63) is 46.6 Å². The van der Waals surface area contributed by atoms with Crippen molar-refractivity contribution < 1.29 is 4.79 Å². The molecule has 0 aliphatic carbocycles. The first-order valence-electron chi connectivity index (χ1n) is 4.56. The molecule has 0 spiro atoms. The summed E-state index contributed by atoms with van der Waals surface area (Å²) in [6.45, 7) is 0. The van der Waals surface area contributed by atoms with Gasteiger partial charge in [-0.05, 0) is 23.7 Å². The summed E-state index contributed by atoms with van der Waals surface area (Å²) in [6, 6.07) is 3.05. The number of anilines is 1. The van der Waals surface area contributed by atoms with Crippen LogP contribution in [0.25, 0.3) is 0 Å². The van der Waals surface area contributed by atoms with Crippen molar-refractivity contribution in [2.45, 2.75) is 0 Å². The van der Waals surface area contributed by atoms with Crippen LogP contribution < -0.4 is 5.32 Å². The van der Waals surface area contributed by atoms with E-state index in [1.54, 1.807) is 0 Å². The Labute approximate surface area is 107 Å². The van der Waals surface area contributed by atoms with Gasteiger partial charge in [-0.25, -0.2) is 9.97 Å². The van der Waals surface area contributed by atoms with E-state index < -0.39 is 5.91 Å². The number of pyridine rings is 1. The summed E-state index contributed by atoms with van der Waals surface area (Å²) in [5.41, 5.74) is 0.268. The molecule has 0 radical (unpaired) electrons. The molecular formula is C10H6Cl2N4O. The zero-order valence-corrected chi connectivity index (χ0v) is 9.90. The van der Waals surface area contributed by atoms with E-state index >= 15 is 0 Å². The minimum atomic E-state index is -0.405. The Morgan fingerprint density at radius 3 is 2.76 bits per heavy atom. The van der Waals surface area contributed by atoms with E-state index in [0.29, 0.717) is 10.8 Å². The van der Waals surface area contributed by atoms with Gasteiger partial charge in [0, 0.05) is 18.6 Å². The Balaban J connectivity index is 2.20. The molecule has 0 aliphatic heterocycles. The fraction of sp³-hybridized carbons (Fsp3) is 0. The molecule has 7 heteroatoms. The largest absolute Gasteiger partial charge is 0.306 e. The van der Waals surface area contributed by atoms with E-state index in [0.717, 1.165) is 0 Å². The maximum absolute atomic E-state index is 11.8. The highest BCUT2D eigenvalue weighted by molar-refractivity contribution is 6.34. The minimum Gasteiger partial charge on any atom is -0.306 e. The molecule has 0 atom stereocenters. The summed E-state index contributed by atoms with van der Waals surface area (Å²) in [4.78, 5) is 23.2. The average molecular weight is 269 g/mol. The SMILES string of the molecule is O=C(Nc1ccnc(Cl)n1)c1cnccc1Cl. The molecule has 0 unspecified atom stereocenters. The number of nitrogens with one attached hydrogen (secondary N) is 1. The normalized spacial score (nSPS) is 10.0. The quantitative estimate of drug-likeness (QED) is 0.850. The zero-order valence-electron chi connectivity index (χ0n) is 8.39. The lowest BCUT2D eigenvalue weighted by molar-refractivity contribution is 0.102. The number of aromatic nitrogens is 3. The highest BCUT2D eigenvalue weighted by Gasteiger charge is 2.11. The monoisotopic (exact) mass is 268 g/mol. The van der Waals surface area contributed by atoms with Crippen molar-refractivity contribution in [2.24, 2.45) is 0 Å². The van der Waals surface area contributed by atoms with Gasteiger partial charge in [-0.3, -0.25) is 9.78 Å². The molecule has 86 valence electrons. The van der Waals surface area contributed by atoms with Crippen molar-refractivity contribution in [1.29, 1.82) is 0 Å². The summed E-state index contributed by atoms with van der Waals surface area (Å²) in [7, 11) is 0. The maximum Gasteiger partial charge on any atom is 0.259 e. The van der Waals surface area contributed by atoms with Crippen molar-refractivity contribution in [3.8, 4) is 0 Å². The Kier molecular flexibility index (Phi) is 3.51. The molecule has 0 bridgehead atoms. The summed E-state index contributed by atoms with van der Waals surface area (Å²) in [5, 5.41) is 2.91. The lowest BCUT2D eigenvalue weighted by atomic mass is 10.2. The van der Waals surface area contributed by atoms with Crippen molar-refractivity contribution in [3.63, 3.8) is 0 Å². The lowest BCUT2D eigenvalue weighted by Gasteiger charge is -2.04. The summed E-state index contributed by atoms with van der Waals surface area (Å²) in [6.07, 6.45) is 4.32. The van der Waals surface area contributed by atoms with Crippen LogP contribution in [0.2, 0.25) is 10.3 Å². The number of carbonyl (C=O) groups excluding carboxylic acids is 1. The van der Waals surface area contributed by atoms with Crippen molar-refractivity contribution in [2.75, 3.05) is 5.32 Å². The second kappa shape index (κ2) is 5.07. The predicted molar refractivity (Wildman–Crippen MR) is 64.2 cm³/mol. The molecule has 0 aliphatic rings. The first-order valence-corrected chi connectivity index (χ1v) is 5.32. The third-order valence-electron chi connectivity index (χ3n) is 1.88. The molecule has 5 nitrogen and oxygen atoms in total. The van der Waals surface area contributed by atoms with E-state index in [1.165, 1.54) is 30.7 Å². The average Bonchev–Trinajstić information content (AvgIpc) is 2.29. The van der Waals surface area contributed by atoms with Crippen molar-refractivity contribution in [1.82, 2.24) is 15.0 Å². The third kappa shape index (κ3) is 2.89. The fourth-order valence-corrected chi connectivity index (χ4v) is 1.47. The first-order chi connectivity index (χ1) is 8.16. The Morgan fingerprint density at radius 1 is 1.24 bits per heavy atom. The molecular weight excluding hydrogens is 263 g/mol. The lowest BCUT2D eigenvalue weighted by Crippen LogP contribution is -2.13. The van der Waals surface area contributed by atoms with Crippen LogP contribution in [0, 0.1) is 0 Å². The number of hydrogen-bond acceptors (Lipinski definition) is 4. The van der Waals surface area contributed by atoms with E-state index in [2.05, 4.69) is 20.3 Å². The molecule has 2 aromatic rings.